The number of hydrogen-bond acceptors (Lipinski definition) is 4. The molecule has 0 spiro atoms. The summed E-state index contributed by atoms with van der Waals surface area (Å²) >= 11 is 0. The van der Waals surface area contributed by atoms with Gasteiger partial charge in [-0.2, -0.15) is 0 Å². The number of aromatic nitrogens is 1. The van der Waals surface area contributed by atoms with E-state index >= 15 is 0 Å². The third-order valence-corrected chi connectivity index (χ3v) is 3.37. The zero-order valence-electron chi connectivity index (χ0n) is 13.5. The third kappa shape index (κ3) is 2.17. The number of nitrogens with zero attached hydrogens (tertiary/aromatic N) is 1. The SMILES string of the molecule is [2H]C([2H])([2H])Oc1ccnc(B2OC(C)(C)C(C)(C)O2)c1. The van der Waals surface area contributed by atoms with Crippen molar-refractivity contribution in [1.29, 1.82) is 0 Å². The Kier molecular flexibility index (Phi) is 2.10. The van der Waals surface area contributed by atoms with E-state index in [0.29, 0.717) is 5.59 Å². The maximum absolute atomic E-state index is 7.10. The van der Waals surface area contributed by atoms with Gasteiger partial charge in [0.2, 0.25) is 0 Å². The average molecular weight is 238 g/mol. The van der Waals surface area contributed by atoms with E-state index in [1.807, 2.05) is 27.7 Å². The Hall–Kier alpha value is -1.07. The van der Waals surface area contributed by atoms with Crippen molar-refractivity contribution in [3.05, 3.63) is 18.3 Å². The Balaban J connectivity index is 2.21. The fourth-order valence-electron chi connectivity index (χ4n) is 1.58. The minimum absolute atomic E-state index is 0.213. The van der Waals surface area contributed by atoms with Crippen LogP contribution < -0.4 is 10.3 Å². The Morgan fingerprint density at radius 2 is 1.94 bits per heavy atom. The maximum atomic E-state index is 7.10. The highest BCUT2D eigenvalue weighted by Gasteiger charge is 2.52. The molecule has 17 heavy (non-hydrogen) atoms. The molecular weight excluding hydrogens is 217 g/mol. The largest absolute Gasteiger partial charge is 0.514 e. The number of hydrogen-bond donors (Lipinski definition) is 0. The van der Waals surface area contributed by atoms with Crippen molar-refractivity contribution in [2.45, 2.75) is 38.9 Å². The quantitative estimate of drug-likeness (QED) is 0.730. The van der Waals surface area contributed by atoms with Crippen LogP contribution in [0.15, 0.2) is 18.3 Å². The second-order valence-corrected chi connectivity index (χ2v) is 5.11. The summed E-state index contributed by atoms with van der Waals surface area (Å²) in [4.78, 5) is 4.17. The number of rotatable bonds is 2. The Bertz CT molecular complexity index is 489. The fraction of sp³-hybridized carbons (Fsp3) is 0.583. The molecule has 2 rings (SSSR count). The predicted molar refractivity (Wildman–Crippen MR) is 66.5 cm³/mol. The molecule has 0 unspecified atom stereocenters. The van der Waals surface area contributed by atoms with E-state index in [1.165, 1.54) is 18.3 Å². The van der Waals surface area contributed by atoms with Crippen molar-refractivity contribution in [1.82, 2.24) is 4.98 Å². The topological polar surface area (TPSA) is 40.6 Å². The fourth-order valence-corrected chi connectivity index (χ4v) is 1.58. The lowest BCUT2D eigenvalue weighted by Gasteiger charge is -2.32. The van der Waals surface area contributed by atoms with Crippen LogP contribution in [0, 0.1) is 0 Å². The lowest BCUT2D eigenvalue weighted by atomic mass is 9.84. The lowest BCUT2D eigenvalue weighted by Crippen LogP contribution is -2.41. The highest BCUT2D eigenvalue weighted by molar-refractivity contribution is 6.61. The standard InChI is InChI=1S/C12H18BNO3/c1-11(2)12(3,4)17-13(16-11)10-8-9(15-5)6-7-14-10/h6-8H,1-5H3/i5D3. The van der Waals surface area contributed by atoms with E-state index in [9.17, 15) is 0 Å². The molecule has 0 N–H and O–H groups in total. The van der Waals surface area contributed by atoms with Crippen LogP contribution in [0.5, 0.6) is 5.75 Å². The molecule has 0 aromatic carbocycles. The zero-order chi connectivity index (χ0) is 15.2. The molecule has 1 aliphatic heterocycles. The molecule has 92 valence electrons. The molecule has 1 fully saturated rings. The van der Waals surface area contributed by atoms with Gasteiger partial charge in [-0.1, -0.05) is 0 Å². The first-order chi connectivity index (χ1) is 9.00. The first-order valence-corrected chi connectivity index (χ1v) is 5.51. The molecule has 4 nitrogen and oxygen atoms in total. The Morgan fingerprint density at radius 1 is 1.29 bits per heavy atom. The summed E-state index contributed by atoms with van der Waals surface area (Å²) in [7, 11) is -3.13. The third-order valence-electron chi connectivity index (χ3n) is 3.37. The van der Waals surface area contributed by atoms with Gasteiger partial charge in [0.1, 0.15) is 5.75 Å². The van der Waals surface area contributed by atoms with Crippen LogP contribution in [0.25, 0.3) is 0 Å². The number of pyridine rings is 1. The number of methoxy groups -OCH3 is 1. The average Bonchev–Trinajstić information content (AvgIpc) is 2.46. The highest BCUT2D eigenvalue weighted by atomic mass is 16.7. The molecular formula is C12H18BNO3. The smallest absolute Gasteiger partial charge is 0.497 e. The molecule has 0 radical (unpaired) electrons. The van der Waals surface area contributed by atoms with Gasteiger partial charge in [-0.3, -0.25) is 4.98 Å². The zero-order valence-corrected chi connectivity index (χ0v) is 10.5. The maximum Gasteiger partial charge on any atom is 0.514 e. The van der Waals surface area contributed by atoms with Crippen LogP contribution in [-0.2, 0) is 9.31 Å². The van der Waals surface area contributed by atoms with E-state index in [2.05, 4.69) is 4.98 Å². The Morgan fingerprint density at radius 3 is 2.53 bits per heavy atom. The molecule has 5 heteroatoms. The van der Waals surface area contributed by atoms with E-state index < -0.39 is 25.4 Å². The minimum Gasteiger partial charge on any atom is -0.497 e. The summed E-state index contributed by atoms with van der Waals surface area (Å²) in [6.07, 6.45) is 1.47. The van der Waals surface area contributed by atoms with Crippen molar-refractivity contribution in [2.24, 2.45) is 0 Å². The highest BCUT2D eigenvalue weighted by Crippen LogP contribution is 2.36. The molecule has 0 saturated carbocycles. The van der Waals surface area contributed by atoms with E-state index in [1.54, 1.807) is 0 Å². The molecule has 0 bridgehead atoms. The summed E-state index contributed by atoms with van der Waals surface area (Å²) in [5.74, 6) is 0.213. The van der Waals surface area contributed by atoms with Gasteiger partial charge in [0.25, 0.3) is 0 Å². The van der Waals surface area contributed by atoms with Crippen LogP contribution in [0.1, 0.15) is 31.8 Å². The van der Waals surface area contributed by atoms with Gasteiger partial charge in [-0.15, -0.1) is 0 Å². The van der Waals surface area contributed by atoms with Gasteiger partial charge >= 0.3 is 7.12 Å². The van der Waals surface area contributed by atoms with Gasteiger partial charge in [-0.25, -0.2) is 0 Å². The summed E-state index contributed by atoms with van der Waals surface area (Å²) in [5.41, 5.74) is -0.453. The van der Waals surface area contributed by atoms with Gasteiger partial charge in [0.05, 0.1) is 27.9 Å². The Labute approximate surface area is 107 Å². The van der Waals surface area contributed by atoms with Gasteiger partial charge in [0.15, 0.2) is 0 Å². The molecule has 0 aliphatic carbocycles. The van der Waals surface area contributed by atoms with Crippen LogP contribution in [0.2, 0.25) is 0 Å². The molecule has 1 aliphatic rings. The van der Waals surface area contributed by atoms with Crippen molar-refractivity contribution in [3.63, 3.8) is 0 Å². The van der Waals surface area contributed by atoms with Crippen molar-refractivity contribution < 1.29 is 18.2 Å². The van der Waals surface area contributed by atoms with Gasteiger partial charge < -0.3 is 14.0 Å². The van der Waals surface area contributed by atoms with Crippen LogP contribution in [0.3, 0.4) is 0 Å². The second kappa shape index (κ2) is 4.00. The van der Waals surface area contributed by atoms with E-state index in [4.69, 9.17) is 18.2 Å². The van der Waals surface area contributed by atoms with Crippen LogP contribution in [0.4, 0.5) is 0 Å². The van der Waals surface area contributed by atoms with Crippen molar-refractivity contribution in [3.8, 4) is 5.75 Å². The molecule has 0 atom stereocenters. The number of ether oxygens (including phenoxy) is 1. The van der Waals surface area contributed by atoms with Crippen molar-refractivity contribution >= 4 is 12.7 Å². The van der Waals surface area contributed by atoms with Crippen LogP contribution in [-0.4, -0.2) is 30.3 Å². The van der Waals surface area contributed by atoms with Crippen LogP contribution >= 0.6 is 0 Å². The van der Waals surface area contributed by atoms with E-state index in [-0.39, 0.29) is 5.75 Å². The summed E-state index contributed by atoms with van der Waals surface area (Å²) < 4.78 is 37.9. The molecule has 1 saturated heterocycles. The first kappa shape index (κ1) is 8.94. The second-order valence-electron chi connectivity index (χ2n) is 5.11. The molecule has 1 aromatic rings. The minimum atomic E-state index is -2.49. The first-order valence-electron chi connectivity index (χ1n) is 7.01. The van der Waals surface area contributed by atoms with Gasteiger partial charge in [-0.05, 0) is 39.8 Å². The molecule has 2 heterocycles. The summed E-state index contributed by atoms with van der Waals surface area (Å²) in [5, 5.41) is 0. The molecule has 1 aromatic heterocycles. The van der Waals surface area contributed by atoms with Crippen molar-refractivity contribution in [2.75, 3.05) is 7.04 Å². The lowest BCUT2D eigenvalue weighted by molar-refractivity contribution is 0.00578. The van der Waals surface area contributed by atoms with E-state index in [0.717, 1.165) is 0 Å². The monoisotopic (exact) mass is 238 g/mol. The van der Waals surface area contributed by atoms with Gasteiger partial charge in [0, 0.05) is 6.20 Å². The summed E-state index contributed by atoms with van der Waals surface area (Å²) in [6, 6.07) is 3.01. The normalized spacial score (nSPS) is 24.9. The molecule has 0 amide bonds. The summed E-state index contributed by atoms with van der Waals surface area (Å²) in [6.45, 7) is 7.76. The predicted octanol–water partition coefficient (Wildman–Crippen LogP) is 1.39.